The van der Waals surface area contributed by atoms with Gasteiger partial charge in [0.15, 0.2) is 5.11 Å². The SMILES string of the molecule is C[C@@H](N(NC(=O)OC(C)(C)C)C(=S)Nc1cnc2ccccc2c1)[C@](O)(Cn1cncn1)c1ccc(F)cc1F. The van der Waals surface area contributed by atoms with Crippen molar-refractivity contribution in [3.63, 3.8) is 0 Å². The van der Waals surface area contributed by atoms with Crippen LogP contribution in [-0.4, -0.2) is 52.7 Å². The lowest BCUT2D eigenvalue weighted by atomic mass is 9.86. The largest absolute Gasteiger partial charge is 0.443 e. The van der Waals surface area contributed by atoms with Crippen LogP contribution < -0.4 is 10.7 Å². The number of ether oxygens (including phenoxy) is 1. The minimum Gasteiger partial charge on any atom is -0.443 e. The highest BCUT2D eigenvalue weighted by Crippen LogP contribution is 2.33. The third-order valence-corrected chi connectivity index (χ3v) is 6.32. The van der Waals surface area contributed by atoms with Gasteiger partial charge in [0, 0.05) is 17.0 Å². The number of aromatic nitrogens is 4. The van der Waals surface area contributed by atoms with E-state index in [-0.39, 0.29) is 17.2 Å². The normalized spacial score (nSPS) is 13.8. The van der Waals surface area contributed by atoms with Crippen molar-refractivity contribution in [1.82, 2.24) is 30.2 Å². The van der Waals surface area contributed by atoms with E-state index in [4.69, 9.17) is 17.0 Å². The number of nitrogens with zero attached hydrogens (tertiary/aromatic N) is 5. The van der Waals surface area contributed by atoms with Crippen LogP contribution in [0.5, 0.6) is 0 Å². The molecule has 0 fully saturated rings. The lowest BCUT2D eigenvalue weighted by molar-refractivity contribution is -0.0574. The highest BCUT2D eigenvalue weighted by molar-refractivity contribution is 7.80. The van der Waals surface area contributed by atoms with Crippen LogP contribution >= 0.6 is 12.2 Å². The Morgan fingerprint density at radius 1 is 1.20 bits per heavy atom. The summed E-state index contributed by atoms with van der Waals surface area (Å²) in [5.41, 5.74) is 0.616. The number of thiocarbonyl (C=S) groups is 1. The summed E-state index contributed by atoms with van der Waals surface area (Å²) in [6.45, 7) is 6.26. The van der Waals surface area contributed by atoms with Crippen LogP contribution in [-0.2, 0) is 16.9 Å². The number of hydrogen-bond acceptors (Lipinski definition) is 7. The summed E-state index contributed by atoms with van der Waals surface area (Å²) < 4.78 is 35.7. The molecule has 4 aromatic rings. The van der Waals surface area contributed by atoms with Gasteiger partial charge < -0.3 is 15.2 Å². The summed E-state index contributed by atoms with van der Waals surface area (Å²) in [5, 5.41) is 21.1. The minimum atomic E-state index is -2.12. The Kier molecular flexibility index (Phi) is 8.26. The van der Waals surface area contributed by atoms with Crippen molar-refractivity contribution in [2.75, 3.05) is 5.32 Å². The second-order valence-corrected chi connectivity index (χ2v) is 10.5. The van der Waals surface area contributed by atoms with Gasteiger partial charge in [-0.25, -0.2) is 28.7 Å². The average Bonchev–Trinajstić information content (AvgIpc) is 3.38. The molecule has 0 aliphatic rings. The molecule has 210 valence electrons. The number of nitrogens with one attached hydrogen (secondary N) is 2. The molecule has 0 bridgehead atoms. The predicted molar refractivity (Wildman–Crippen MR) is 149 cm³/mol. The van der Waals surface area contributed by atoms with Gasteiger partial charge in [-0.2, -0.15) is 5.10 Å². The van der Waals surface area contributed by atoms with Crippen LogP contribution in [0.25, 0.3) is 10.9 Å². The number of pyridine rings is 1. The molecule has 2 aromatic carbocycles. The molecule has 3 N–H and O–H groups in total. The van der Waals surface area contributed by atoms with Gasteiger partial charge in [0.05, 0.1) is 30.0 Å². The van der Waals surface area contributed by atoms with Crippen LogP contribution in [0.3, 0.4) is 0 Å². The molecule has 4 rings (SSSR count). The number of para-hydroxylation sites is 1. The summed E-state index contributed by atoms with van der Waals surface area (Å²) in [6, 6.07) is 10.9. The van der Waals surface area contributed by atoms with Crippen LogP contribution in [0.2, 0.25) is 0 Å². The van der Waals surface area contributed by atoms with Crippen LogP contribution in [0, 0.1) is 11.6 Å². The minimum absolute atomic E-state index is 0.0602. The fraction of sp³-hybridized carbons (Fsp3) is 0.296. The van der Waals surface area contributed by atoms with Crippen LogP contribution in [0.4, 0.5) is 19.3 Å². The van der Waals surface area contributed by atoms with E-state index in [1.165, 1.54) is 24.3 Å². The molecule has 0 radical (unpaired) electrons. The molecule has 2 atom stereocenters. The lowest BCUT2D eigenvalue weighted by Crippen LogP contribution is -2.61. The molecule has 13 heteroatoms. The number of hydrazine groups is 1. The molecular formula is C27H29F2N7O3S. The van der Waals surface area contributed by atoms with Crippen molar-refractivity contribution in [1.29, 1.82) is 0 Å². The lowest BCUT2D eigenvalue weighted by Gasteiger charge is -2.42. The maximum atomic E-state index is 15.1. The summed E-state index contributed by atoms with van der Waals surface area (Å²) in [5.74, 6) is -1.81. The van der Waals surface area contributed by atoms with Crippen molar-refractivity contribution < 1.29 is 23.4 Å². The number of halogens is 2. The Hall–Kier alpha value is -4.23. The van der Waals surface area contributed by atoms with Crippen LogP contribution in [0.15, 0.2) is 67.4 Å². The molecule has 0 saturated heterocycles. The first kappa shape index (κ1) is 28.8. The highest BCUT2D eigenvalue weighted by Gasteiger charge is 2.44. The monoisotopic (exact) mass is 569 g/mol. The maximum absolute atomic E-state index is 15.1. The van der Waals surface area contributed by atoms with E-state index in [0.29, 0.717) is 11.8 Å². The predicted octanol–water partition coefficient (Wildman–Crippen LogP) is 4.52. The fourth-order valence-electron chi connectivity index (χ4n) is 4.10. The molecule has 0 aliphatic carbocycles. The number of amides is 1. The van der Waals surface area contributed by atoms with Gasteiger partial charge in [-0.3, -0.25) is 9.99 Å². The van der Waals surface area contributed by atoms with Gasteiger partial charge in [-0.15, -0.1) is 0 Å². The van der Waals surface area contributed by atoms with Crippen molar-refractivity contribution in [2.24, 2.45) is 0 Å². The molecule has 2 aromatic heterocycles. The molecule has 40 heavy (non-hydrogen) atoms. The molecule has 2 heterocycles. The number of anilines is 1. The summed E-state index contributed by atoms with van der Waals surface area (Å²) in [4.78, 5) is 21.2. The van der Waals surface area contributed by atoms with E-state index >= 15 is 4.39 Å². The Morgan fingerprint density at radius 2 is 1.95 bits per heavy atom. The van der Waals surface area contributed by atoms with E-state index in [9.17, 15) is 14.3 Å². The number of carbonyl (C=O) groups is 1. The molecule has 1 amide bonds. The Balaban J connectivity index is 1.74. The zero-order valence-electron chi connectivity index (χ0n) is 22.3. The first-order valence-electron chi connectivity index (χ1n) is 12.3. The third kappa shape index (κ3) is 6.66. The number of carbonyl (C=O) groups excluding carboxylic acids is 1. The summed E-state index contributed by atoms with van der Waals surface area (Å²) >= 11 is 5.65. The van der Waals surface area contributed by atoms with Gasteiger partial charge >= 0.3 is 6.09 Å². The topological polar surface area (TPSA) is 117 Å². The van der Waals surface area contributed by atoms with E-state index in [1.54, 1.807) is 27.0 Å². The van der Waals surface area contributed by atoms with Crippen molar-refractivity contribution in [2.45, 2.75) is 51.5 Å². The van der Waals surface area contributed by atoms with E-state index in [0.717, 1.165) is 28.0 Å². The quantitative estimate of drug-likeness (QED) is 0.228. The molecular weight excluding hydrogens is 540 g/mol. The number of aliphatic hydroxyl groups is 1. The second kappa shape index (κ2) is 11.5. The van der Waals surface area contributed by atoms with Gasteiger partial charge in [0.25, 0.3) is 0 Å². The molecule has 0 saturated carbocycles. The number of rotatable bonds is 6. The van der Waals surface area contributed by atoms with Crippen molar-refractivity contribution in [3.8, 4) is 0 Å². The molecule has 0 aliphatic heterocycles. The standard InChI is InChI=1S/C27H29F2N7O3S/c1-17(27(38,14-35-16-30-15-32-35)21-10-9-19(28)12-22(21)29)36(34-25(37)39-26(2,3)4)24(40)33-20-11-18-7-5-6-8-23(18)31-13-20/h5-13,15-17,38H,14H2,1-4H3,(H,33,40)(H,34,37)/t17-,27-/m1/s1. The van der Waals surface area contributed by atoms with E-state index < -0.39 is 35.0 Å². The van der Waals surface area contributed by atoms with Crippen LogP contribution in [0.1, 0.15) is 33.3 Å². The first-order valence-corrected chi connectivity index (χ1v) is 12.7. The number of fused-ring (bicyclic) bond motifs is 1. The third-order valence-electron chi connectivity index (χ3n) is 6.02. The average molecular weight is 570 g/mol. The molecule has 0 unspecified atom stereocenters. The Labute approximate surface area is 235 Å². The summed E-state index contributed by atoms with van der Waals surface area (Å²) in [6.07, 6.45) is 3.28. The van der Waals surface area contributed by atoms with Crippen molar-refractivity contribution in [3.05, 3.63) is 84.6 Å². The Bertz CT molecular complexity index is 1510. The summed E-state index contributed by atoms with van der Waals surface area (Å²) in [7, 11) is 0. The zero-order valence-corrected chi connectivity index (χ0v) is 23.1. The van der Waals surface area contributed by atoms with Crippen molar-refractivity contribution >= 4 is 40.0 Å². The smallest absolute Gasteiger partial charge is 0.426 e. The first-order chi connectivity index (χ1) is 18.9. The van der Waals surface area contributed by atoms with Gasteiger partial charge in [0.1, 0.15) is 35.5 Å². The maximum Gasteiger partial charge on any atom is 0.426 e. The molecule has 0 spiro atoms. The fourth-order valence-corrected chi connectivity index (χ4v) is 4.43. The van der Waals surface area contributed by atoms with Gasteiger partial charge in [0.2, 0.25) is 0 Å². The molecule has 10 nitrogen and oxygen atoms in total. The zero-order chi connectivity index (χ0) is 29.1. The van der Waals surface area contributed by atoms with Gasteiger partial charge in [-0.05, 0) is 58.1 Å². The second-order valence-electron chi connectivity index (χ2n) is 10.1. The van der Waals surface area contributed by atoms with E-state index in [1.807, 2.05) is 30.3 Å². The number of benzene rings is 2. The van der Waals surface area contributed by atoms with E-state index in [2.05, 4.69) is 25.8 Å². The Morgan fingerprint density at radius 3 is 2.62 bits per heavy atom. The number of hydrogen-bond donors (Lipinski definition) is 3. The highest BCUT2D eigenvalue weighted by atomic mass is 32.1. The van der Waals surface area contributed by atoms with Gasteiger partial charge in [-0.1, -0.05) is 24.3 Å².